The summed E-state index contributed by atoms with van der Waals surface area (Å²) in [5.41, 5.74) is 1.80. The van der Waals surface area contributed by atoms with E-state index in [0.29, 0.717) is 0 Å². The van der Waals surface area contributed by atoms with Crippen molar-refractivity contribution in [2.45, 2.75) is 13.8 Å². The quantitative estimate of drug-likeness (QED) is 0.780. The average Bonchev–Trinajstić information content (AvgIpc) is 2.17. The van der Waals surface area contributed by atoms with Gasteiger partial charge in [0.2, 0.25) is 5.91 Å². The molecule has 0 heterocycles. The van der Waals surface area contributed by atoms with E-state index in [-0.39, 0.29) is 5.91 Å². The highest BCUT2D eigenvalue weighted by molar-refractivity contribution is 7.80. The van der Waals surface area contributed by atoms with Crippen LogP contribution in [0.5, 0.6) is 0 Å². The van der Waals surface area contributed by atoms with Crippen LogP contribution >= 0.6 is 12.2 Å². The van der Waals surface area contributed by atoms with Gasteiger partial charge in [-0.15, -0.1) is 0 Å². The van der Waals surface area contributed by atoms with Gasteiger partial charge in [-0.05, 0) is 31.2 Å². The summed E-state index contributed by atoms with van der Waals surface area (Å²) in [6, 6.07) is 7.54. The highest BCUT2D eigenvalue weighted by Gasteiger charge is 2.04. The molecule has 0 aliphatic heterocycles. The molecule has 0 aliphatic rings. The van der Waals surface area contributed by atoms with Crippen molar-refractivity contribution in [3.63, 3.8) is 0 Å². The summed E-state index contributed by atoms with van der Waals surface area (Å²) >= 11 is 4.93. The first-order chi connectivity index (χ1) is 7.00. The number of carbonyl (C=O) groups is 1. The lowest BCUT2D eigenvalue weighted by atomic mass is 10.2. The SMILES string of the molecule is CC(=O)N(C)c1ccc(NC(C)=S)cc1. The summed E-state index contributed by atoms with van der Waals surface area (Å²) in [6.45, 7) is 3.36. The van der Waals surface area contributed by atoms with Crippen LogP contribution < -0.4 is 10.2 Å². The molecule has 0 saturated carbocycles. The van der Waals surface area contributed by atoms with Gasteiger partial charge in [0.05, 0.1) is 4.99 Å². The third-order valence-corrected chi connectivity index (χ3v) is 2.15. The Morgan fingerprint density at radius 3 is 2.20 bits per heavy atom. The molecule has 1 N–H and O–H groups in total. The van der Waals surface area contributed by atoms with Crippen LogP contribution in [0.4, 0.5) is 11.4 Å². The third kappa shape index (κ3) is 3.32. The van der Waals surface area contributed by atoms with E-state index >= 15 is 0 Å². The number of amides is 1. The van der Waals surface area contributed by atoms with Crippen LogP contribution in [-0.4, -0.2) is 17.9 Å². The van der Waals surface area contributed by atoms with Gasteiger partial charge in [-0.25, -0.2) is 0 Å². The summed E-state index contributed by atoms with van der Waals surface area (Å²) in [5.74, 6) is 0.0155. The van der Waals surface area contributed by atoms with Gasteiger partial charge in [0.1, 0.15) is 0 Å². The van der Waals surface area contributed by atoms with Gasteiger partial charge in [0, 0.05) is 25.3 Å². The van der Waals surface area contributed by atoms with Crippen LogP contribution in [0.1, 0.15) is 13.8 Å². The van der Waals surface area contributed by atoms with Crippen molar-refractivity contribution in [2.24, 2.45) is 0 Å². The fourth-order valence-electron chi connectivity index (χ4n) is 1.15. The van der Waals surface area contributed by atoms with Crippen molar-refractivity contribution < 1.29 is 4.79 Å². The maximum atomic E-state index is 11.1. The van der Waals surface area contributed by atoms with Gasteiger partial charge in [0.25, 0.3) is 0 Å². The van der Waals surface area contributed by atoms with E-state index in [0.717, 1.165) is 16.4 Å². The smallest absolute Gasteiger partial charge is 0.223 e. The van der Waals surface area contributed by atoms with Crippen LogP contribution in [0.3, 0.4) is 0 Å². The fourth-order valence-corrected chi connectivity index (χ4v) is 1.27. The second-order valence-electron chi connectivity index (χ2n) is 3.31. The number of anilines is 2. The van der Waals surface area contributed by atoms with Crippen molar-refractivity contribution in [2.75, 3.05) is 17.3 Å². The Morgan fingerprint density at radius 1 is 1.27 bits per heavy atom. The van der Waals surface area contributed by atoms with Crippen molar-refractivity contribution >= 4 is 34.5 Å². The lowest BCUT2D eigenvalue weighted by Crippen LogP contribution is -2.22. The van der Waals surface area contributed by atoms with Crippen LogP contribution in [0.15, 0.2) is 24.3 Å². The van der Waals surface area contributed by atoms with E-state index < -0.39 is 0 Å². The second kappa shape index (κ2) is 4.89. The predicted molar refractivity (Wildman–Crippen MR) is 67.4 cm³/mol. The molecular weight excluding hydrogens is 208 g/mol. The molecule has 80 valence electrons. The molecular formula is C11H14N2OS. The number of rotatable bonds is 2. The van der Waals surface area contributed by atoms with Crippen molar-refractivity contribution in [1.29, 1.82) is 0 Å². The summed E-state index contributed by atoms with van der Waals surface area (Å²) in [4.78, 5) is 13.4. The first-order valence-electron chi connectivity index (χ1n) is 4.62. The highest BCUT2D eigenvalue weighted by Crippen LogP contribution is 2.16. The number of nitrogens with one attached hydrogen (secondary N) is 1. The molecule has 15 heavy (non-hydrogen) atoms. The third-order valence-electron chi connectivity index (χ3n) is 2.05. The Bertz CT molecular complexity index is 373. The molecule has 1 rings (SSSR count). The molecule has 0 aromatic heterocycles. The minimum absolute atomic E-state index is 0.0155. The van der Waals surface area contributed by atoms with Crippen LogP contribution in [0.25, 0.3) is 0 Å². The zero-order valence-electron chi connectivity index (χ0n) is 9.07. The van der Waals surface area contributed by atoms with Gasteiger partial charge < -0.3 is 10.2 Å². The molecule has 0 bridgehead atoms. The van der Waals surface area contributed by atoms with Crippen molar-refractivity contribution in [3.8, 4) is 0 Å². The first-order valence-corrected chi connectivity index (χ1v) is 5.03. The molecule has 4 heteroatoms. The zero-order chi connectivity index (χ0) is 11.4. The van der Waals surface area contributed by atoms with E-state index in [1.807, 2.05) is 31.2 Å². The van der Waals surface area contributed by atoms with Gasteiger partial charge >= 0.3 is 0 Å². The van der Waals surface area contributed by atoms with Crippen molar-refractivity contribution in [1.82, 2.24) is 0 Å². The van der Waals surface area contributed by atoms with E-state index in [2.05, 4.69) is 5.32 Å². The fraction of sp³-hybridized carbons (Fsp3) is 0.273. The Hall–Kier alpha value is -1.42. The minimum atomic E-state index is 0.0155. The molecule has 0 fully saturated rings. The summed E-state index contributed by atoms with van der Waals surface area (Å²) < 4.78 is 0. The highest BCUT2D eigenvalue weighted by atomic mass is 32.1. The van der Waals surface area contributed by atoms with E-state index in [1.54, 1.807) is 11.9 Å². The first kappa shape index (κ1) is 11.7. The maximum Gasteiger partial charge on any atom is 0.223 e. The Labute approximate surface area is 95.1 Å². The van der Waals surface area contributed by atoms with E-state index in [4.69, 9.17) is 12.2 Å². The van der Waals surface area contributed by atoms with Gasteiger partial charge in [-0.3, -0.25) is 4.79 Å². The van der Waals surface area contributed by atoms with E-state index in [1.165, 1.54) is 6.92 Å². The van der Waals surface area contributed by atoms with Gasteiger partial charge in [-0.1, -0.05) is 12.2 Å². The van der Waals surface area contributed by atoms with Crippen LogP contribution in [-0.2, 0) is 4.79 Å². The second-order valence-corrected chi connectivity index (χ2v) is 3.92. The van der Waals surface area contributed by atoms with Crippen molar-refractivity contribution in [3.05, 3.63) is 24.3 Å². The number of hydrogen-bond acceptors (Lipinski definition) is 2. The van der Waals surface area contributed by atoms with Crippen LogP contribution in [0.2, 0.25) is 0 Å². The Morgan fingerprint density at radius 2 is 1.80 bits per heavy atom. The number of hydrogen-bond donors (Lipinski definition) is 1. The van der Waals surface area contributed by atoms with Gasteiger partial charge in [0.15, 0.2) is 0 Å². The average molecular weight is 222 g/mol. The number of nitrogens with zero attached hydrogens (tertiary/aromatic N) is 1. The number of carbonyl (C=O) groups excluding carboxylic acids is 1. The molecule has 0 atom stereocenters. The molecule has 0 saturated heterocycles. The zero-order valence-corrected chi connectivity index (χ0v) is 9.89. The standard InChI is InChI=1S/C11H14N2OS/c1-8(15)12-10-4-6-11(7-5-10)13(3)9(2)14/h4-7H,1-3H3,(H,12,15). The summed E-state index contributed by atoms with van der Waals surface area (Å²) in [6.07, 6.45) is 0. The summed E-state index contributed by atoms with van der Waals surface area (Å²) in [7, 11) is 1.75. The minimum Gasteiger partial charge on any atom is -0.350 e. The monoisotopic (exact) mass is 222 g/mol. The normalized spacial score (nSPS) is 9.53. The largest absolute Gasteiger partial charge is 0.350 e. The van der Waals surface area contributed by atoms with Crippen LogP contribution in [0, 0.1) is 0 Å². The lowest BCUT2D eigenvalue weighted by molar-refractivity contribution is -0.116. The lowest BCUT2D eigenvalue weighted by Gasteiger charge is -2.15. The topological polar surface area (TPSA) is 32.3 Å². The van der Waals surface area contributed by atoms with E-state index in [9.17, 15) is 4.79 Å². The molecule has 0 aliphatic carbocycles. The molecule has 0 radical (unpaired) electrons. The predicted octanol–water partition coefficient (Wildman–Crippen LogP) is 2.43. The number of thiocarbonyl (C=S) groups is 1. The molecule has 1 aromatic carbocycles. The van der Waals surface area contributed by atoms with Gasteiger partial charge in [-0.2, -0.15) is 0 Å². The molecule has 3 nitrogen and oxygen atoms in total. The molecule has 1 aromatic rings. The number of benzene rings is 1. The molecule has 0 unspecified atom stereocenters. The molecule has 0 spiro atoms. The Balaban J connectivity index is 2.80. The molecule has 1 amide bonds. The Kier molecular flexibility index (Phi) is 3.80. The summed E-state index contributed by atoms with van der Waals surface area (Å²) in [5, 5.41) is 3.03. The maximum absolute atomic E-state index is 11.1.